The minimum Gasteiger partial charge on any atom is -0.480 e. The second-order valence-corrected chi connectivity index (χ2v) is 4.16. The number of carboxylic acids is 1. The monoisotopic (exact) mass is 229 g/mol. The summed E-state index contributed by atoms with van der Waals surface area (Å²) in [5.74, 6) is -0.989. The SMILES string of the molecule is CC[C@@](N)(C(=O)O)c1cccc2ccccc12. The van der Waals surface area contributed by atoms with Crippen molar-refractivity contribution in [1.29, 1.82) is 0 Å². The largest absolute Gasteiger partial charge is 0.480 e. The molecule has 1 atom stereocenters. The number of fused-ring (bicyclic) bond motifs is 1. The summed E-state index contributed by atoms with van der Waals surface area (Å²) < 4.78 is 0. The summed E-state index contributed by atoms with van der Waals surface area (Å²) >= 11 is 0. The first-order chi connectivity index (χ1) is 8.09. The van der Waals surface area contributed by atoms with Crippen molar-refractivity contribution in [3.63, 3.8) is 0 Å². The summed E-state index contributed by atoms with van der Waals surface area (Å²) in [6.45, 7) is 1.79. The zero-order chi connectivity index (χ0) is 12.5. The normalized spacial score (nSPS) is 14.5. The summed E-state index contributed by atoms with van der Waals surface area (Å²) in [5.41, 5.74) is 5.38. The second-order valence-electron chi connectivity index (χ2n) is 4.16. The van der Waals surface area contributed by atoms with Crippen LogP contribution < -0.4 is 5.73 Å². The number of hydrogen-bond donors (Lipinski definition) is 2. The van der Waals surface area contributed by atoms with Gasteiger partial charge in [-0.3, -0.25) is 0 Å². The summed E-state index contributed by atoms with van der Waals surface area (Å²) in [5, 5.41) is 11.2. The van der Waals surface area contributed by atoms with Crippen LogP contribution in [0.25, 0.3) is 10.8 Å². The first-order valence-electron chi connectivity index (χ1n) is 5.60. The van der Waals surface area contributed by atoms with E-state index in [2.05, 4.69) is 0 Å². The number of carbonyl (C=O) groups is 1. The van der Waals surface area contributed by atoms with Gasteiger partial charge in [0.15, 0.2) is 0 Å². The molecular formula is C14H15NO2. The van der Waals surface area contributed by atoms with Crippen molar-refractivity contribution in [3.8, 4) is 0 Å². The zero-order valence-corrected chi connectivity index (χ0v) is 9.68. The van der Waals surface area contributed by atoms with Gasteiger partial charge >= 0.3 is 5.97 Å². The first kappa shape index (κ1) is 11.6. The summed E-state index contributed by atoms with van der Waals surface area (Å²) in [4.78, 5) is 11.4. The average molecular weight is 229 g/mol. The lowest BCUT2D eigenvalue weighted by atomic mass is 9.85. The maximum absolute atomic E-state index is 11.4. The van der Waals surface area contributed by atoms with E-state index in [9.17, 15) is 9.90 Å². The predicted octanol–water partition coefficient (Wildman–Crippen LogP) is 2.49. The van der Waals surface area contributed by atoms with Crippen LogP contribution in [0.2, 0.25) is 0 Å². The molecule has 0 aromatic heterocycles. The molecule has 2 aromatic rings. The zero-order valence-electron chi connectivity index (χ0n) is 9.68. The van der Waals surface area contributed by atoms with Crippen LogP contribution in [-0.4, -0.2) is 11.1 Å². The average Bonchev–Trinajstić information content (AvgIpc) is 2.37. The Balaban J connectivity index is 2.74. The number of benzene rings is 2. The third-order valence-corrected chi connectivity index (χ3v) is 3.21. The van der Waals surface area contributed by atoms with Gasteiger partial charge in [0.05, 0.1) is 0 Å². The molecule has 3 heteroatoms. The van der Waals surface area contributed by atoms with E-state index in [4.69, 9.17) is 5.73 Å². The van der Waals surface area contributed by atoms with E-state index in [0.29, 0.717) is 12.0 Å². The molecule has 88 valence electrons. The van der Waals surface area contributed by atoms with E-state index in [1.807, 2.05) is 36.4 Å². The molecule has 3 N–H and O–H groups in total. The minimum absolute atomic E-state index is 0.357. The van der Waals surface area contributed by atoms with Gasteiger partial charge < -0.3 is 10.8 Å². The van der Waals surface area contributed by atoms with Crippen LogP contribution in [0, 0.1) is 0 Å². The van der Waals surface area contributed by atoms with Gasteiger partial charge in [-0.25, -0.2) is 4.79 Å². The fraction of sp³-hybridized carbons (Fsp3) is 0.214. The molecule has 0 unspecified atom stereocenters. The first-order valence-corrected chi connectivity index (χ1v) is 5.60. The molecule has 0 spiro atoms. The predicted molar refractivity (Wildman–Crippen MR) is 67.7 cm³/mol. The Morgan fingerprint density at radius 2 is 1.88 bits per heavy atom. The van der Waals surface area contributed by atoms with E-state index in [1.165, 1.54) is 0 Å². The van der Waals surface area contributed by atoms with Gasteiger partial charge in [-0.1, -0.05) is 49.4 Å². The molecule has 0 saturated carbocycles. The molecule has 2 aromatic carbocycles. The van der Waals surface area contributed by atoms with Gasteiger partial charge in [-0.2, -0.15) is 0 Å². The maximum Gasteiger partial charge on any atom is 0.328 e. The van der Waals surface area contributed by atoms with Crippen LogP contribution in [0.3, 0.4) is 0 Å². The van der Waals surface area contributed by atoms with E-state index in [1.54, 1.807) is 13.0 Å². The van der Waals surface area contributed by atoms with Crippen LogP contribution in [0.15, 0.2) is 42.5 Å². The van der Waals surface area contributed by atoms with Gasteiger partial charge in [-0.05, 0) is 22.8 Å². The number of rotatable bonds is 3. The molecule has 0 amide bonds. The van der Waals surface area contributed by atoms with Crippen molar-refractivity contribution in [1.82, 2.24) is 0 Å². The lowest BCUT2D eigenvalue weighted by molar-refractivity contribution is -0.143. The molecule has 0 fully saturated rings. The molecule has 0 aliphatic heterocycles. The Morgan fingerprint density at radius 3 is 2.53 bits per heavy atom. The Morgan fingerprint density at radius 1 is 1.24 bits per heavy atom. The number of nitrogens with two attached hydrogens (primary N) is 1. The molecule has 17 heavy (non-hydrogen) atoms. The van der Waals surface area contributed by atoms with E-state index in [-0.39, 0.29) is 0 Å². The molecule has 0 heterocycles. The van der Waals surface area contributed by atoms with Crippen molar-refractivity contribution in [2.75, 3.05) is 0 Å². The summed E-state index contributed by atoms with van der Waals surface area (Å²) in [6.07, 6.45) is 0.357. The Kier molecular flexibility index (Phi) is 2.86. The molecule has 0 aliphatic carbocycles. The van der Waals surface area contributed by atoms with Crippen molar-refractivity contribution in [2.24, 2.45) is 5.73 Å². The smallest absolute Gasteiger partial charge is 0.328 e. The highest BCUT2D eigenvalue weighted by molar-refractivity contribution is 5.92. The van der Waals surface area contributed by atoms with E-state index in [0.717, 1.165) is 10.8 Å². The molecular weight excluding hydrogens is 214 g/mol. The van der Waals surface area contributed by atoms with Crippen LogP contribution in [0.5, 0.6) is 0 Å². The fourth-order valence-corrected chi connectivity index (χ4v) is 2.07. The van der Waals surface area contributed by atoms with Gasteiger partial charge in [0, 0.05) is 0 Å². The standard InChI is InChI=1S/C14H15NO2/c1-2-14(15,13(16)17)12-9-5-7-10-6-3-4-8-11(10)12/h3-9H,2,15H2,1H3,(H,16,17)/t14-/m0/s1. The van der Waals surface area contributed by atoms with Gasteiger partial charge in [0.2, 0.25) is 0 Å². The van der Waals surface area contributed by atoms with Gasteiger partial charge in [0.25, 0.3) is 0 Å². The molecule has 0 saturated heterocycles. The van der Waals surface area contributed by atoms with Crippen molar-refractivity contribution >= 4 is 16.7 Å². The van der Waals surface area contributed by atoms with Crippen molar-refractivity contribution in [2.45, 2.75) is 18.9 Å². The Labute approximate surface area is 99.9 Å². The Bertz CT molecular complexity index is 560. The van der Waals surface area contributed by atoms with Crippen LogP contribution >= 0.6 is 0 Å². The summed E-state index contributed by atoms with van der Waals surface area (Å²) in [7, 11) is 0. The quantitative estimate of drug-likeness (QED) is 0.849. The molecule has 0 bridgehead atoms. The molecule has 0 aliphatic rings. The van der Waals surface area contributed by atoms with Crippen LogP contribution in [0.1, 0.15) is 18.9 Å². The minimum atomic E-state index is -1.32. The highest BCUT2D eigenvalue weighted by atomic mass is 16.4. The fourth-order valence-electron chi connectivity index (χ4n) is 2.07. The maximum atomic E-state index is 11.4. The Hall–Kier alpha value is -1.87. The van der Waals surface area contributed by atoms with E-state index < -0.39 is 11.5 Å². The molecule has 0 radical (unpaired) electrons. The second kappa shape index (κ2) is 4.18. The van der Waals surface area contributed by atoms with E-state index >= 15 is 0 Å². The van der Waals surface area contributed by atoms with Crippen molar-refractivity contribution in [3.05, 3.63) is 48.0 Å². The molecule has 3 nitrogen and oxygen atoms in total. The topological polar surface area (TPSA) is 63.3 Å². The van der Waals surface area contributed by atoms with Gasteiger partial charge in [-0.15, -0.1) is 0 Å². The number of carboxylic acid groups (broad SMARTS) is 1. The number of aliphatic carboxylic acids is 1. The number of hydrogen-bond acceptors (Lipinski definition) is 2. The van der Waals surface area contributed by atoms with Crippen LogP contribution in [0.4, 0.5) is 0 Å². The summed E-state index contributed by atoms with van der Waals surface area (Å²) in [6, 6.07) is 13.3. The highest BCUT2D eigenvalue weighted by Gasteiger charge is 2.35. The van der Waals surface area contributed by atoms with Crippen molar-refractivity contribution < 1.29 is 9.90 Å². The van der Waals surface area contributed by atoms with Gasteiger partial charge in [0.1, 0.15) is 5.54 Å². The third-order valence-electron chi connectivity index (χ3n) is 3.21. The third kappa shape index (κ3) is 1.78. The van der Waals surface area contributed by atoms with Crippen LogP contribution in [-0.2, 0) is 10.3 Å². The lowest BCUT2D eigenvalue weighted by Crippen LogP contribution is -2.44. The lowest BCUT2D eigenvalue weighted by Gasteiger charge is -2.25. The molecule has 2 rings (SSSR count). The highest BCUT2D eigenvalue weighted by Crippen LogP contribution is 2.29.